The van der Waals surface area contributed by atoms with E-state index in [1.54, 1.807) is 7.11 Å². The van der Waals surface area contributed by atoms with Crippen molar-refractivity contribution in [1.82, 2.24) is 0 Å². The number of halogens is 2. The number of anilines is 1. The Morgan fingerprint density at radius 2 is 1.83 bits per heavy atom. The van der Waals surface area contributed by atoms with Crippen molar-refractivity contribution >= 4 is 21.6 Å². The van der Waals surface area contributed by atoms with E-state index in [-0.39, 0.29) is 5.82 Å². The van der Waals surface area contributed by atoms with E-state index in [4.69, 9.17) is 4.74 Å². The maximum atomic E-state index is 13.3. The summed E-state index contributed by atoms with van der Waals surface area (Å²) >= 11 is 3.26. The quantitative estimate of drug-likeness (QED) is 0.878. The average molecular weight is 380 g/mol. The Bertz CT molecular complexity index is 655. The van der Waals surface area contributed by atoms with Crippen molar-refractivity contribution in [3.05, 3.63) is 58.3 Å². The highest BCUT2D eigenvalue weighted by Crippen LogP contribution is 2.19. The van der Waals surface area contributed by atoms with Gasteiger partial charge in [-0.15, -0.1) is 0 Å². The monoisotopic (exact) mass is 379 g/mol. The number of benzene rings is 2. The third kappa shape index (κ3) is 4.03. The normalized spacial score (nSPS) is 15.7. The van der Waals surface area contributed by atoms with E-state index < -0.39 is 0 Å². The highest BCUT2D eigenvalue weighted by Gasteiger charge is 2.20. The van der Waals surface area contributed by atoms with E-state index in [1.165, 1.54) is 22.2 Å². The van der Waals surface area contributed by atoms with Crippen LogP contribution in [0.1, 0.15) is 5.56 Å². The molecule has 0 atom stereocenters. The van der Waals surface area contributed by atoms with E-state index in [0.29, 0.717) is 4.47 Å². The third-order valence-electron chi connectivity index (χ3n) is 4.35. The minimum atomic E-state index is -0.201. The van der Waals surface area contributed by atoms with Crippen LogP contribution >= 0.6 is 15.9 Å². The van der Waals surface area contributed by atoms with Gasteiger partial charge in [0.25, 0.3) is 0 Å². The zero-order valence-electron chi connectivity index (χ0n) is 13.2. The van der Waals surface area contributed by atoms with Crippen molar-refractivity contribution in [2.24, 2.45) is 0 Å². The van der Waals surface area contributed by atoms with Crippen molar-refractivity contribution in [2.75, 3.05) is 38.2 Å². The summed E-state index contributed by atoms with van der Waals surface area (Å²) in [5.41, 5.74) is 2.42. The van der Waals surface area contributed by atoms with Gasteiger partial charge in [-0.1, -0.05) is 6.07 Å². The molecule has 2 aromatic carbocycles. The molecule has 1 N–H and O–H groups in total. The highest BCUT2D eigenvalue weighted by molar-refractivity contribution is 9.10. The lowest BCUT2D eigenvalue weighted by Gasteiger charge is -2.33. The summed E-state index contributed by atoms with van der Waals surface area (Å²) < 4.78 is 19.1. The largest absolute Gasteiger partial charge is 0.497 e. The molecule has 1 aliphatic heterocycles. The molecule has 0 radical (unpaired) electrons. The van der Waals surface area contributed by atoms with Gasteiger partial charge >= 0.3 is 0 Å². The van der Waals surface area contributed by atoms with Crippen LogP contribution < -0.4 is 14.5 Å². The van der Waals surface area contributed by atoms with Crippen LogP contribution in [0.4, 0.5) is 10.1 Å². The number of ether oxygens (including phenoxy) is 1. The zero-order chi connectivity index (χ0) is 16.2. The van der Waals surface area contributed by atoms with Gasteiger partial charge in [0.2, 0.25) is 0 Å². The molecule has 1 saturated heterocycles. The number of quaternary nitrogens is 1. The molecule has 1 aliphatic rings. The topological polar surface area (TPSA) is 16.9 Å². The molecule has 1 fully saturated rings. The second kappa shape index (κ2) is 7.32. The van der Waals surface area contributed by atoms with Crippen molar-refractivity contribution in [1.29, 1.82) is 0 Å². The van der Waals surface area contributed by atoms with Crippen LogP contribution in [0.3, 0.4) is 0 Å². The first kappa shape index (κ1) is 16.3. The SMILES string of the molecule is COc1ccc(N2CC[NH+](Cc3ccc(F)c(Br)c3)CC2)cc1. The maximum absolute atomic E-state index is 13.3. The molecular weight excluding hydrogens is 359 g/mol. The van der Waals surface area contributed by atoms with Gasteiger partial charge in [-0.25, -0.2) is 4.39 Å². The molecule has 0 amide bonds. The van der Waals surface area contributed by atoms with E-state index in [2.05, 4.69) is 33.0 Å². The Labute approximate surface area is 144 Å². The molecule has 0 unspecified atom stereocenters. The number of piperazine rings is 1. The fourth-order valence-corrected chi connectivity index (χ4v) is 3.42. The molecule has 23 heavy (non-hydrogen) atoms. The van der Waals surface area contributed by atoms with Crippen LogP contribution in [0.5, 0.6) is 5.75 Å². The highest BCUT2D eigenvalue weighted by atomic mass is 79.9. The van der Waals surface area contributed by atoms with E-state index in [0.717, 1.165) is 38.5 Å². The summed E-state index contributed by atoms with van der Waals surface area (Å²) in [5.74, 6) is 0.688. The Hall–Kier alpha value is -1.59. The molecule has 0 bridgehead atoms. The second-order valence-corrected chi connectivity index (χ2v) is 6.71. The number of nitrogens with zero attached hydrogens (tertiary/aromatic N) is 1. The first-order chi connectivity index (χ1) is 11.2. The van der Waals surface area contributed by atoms with Gasteiger partial charge < -0.3 is 14.5 Å². The van der Waals surface area contributed by atoms with E-state index >= 15 is 0 Å². The van der Waals surface area contributed by atoms with Gasteiger partial charge in [-0.2, -0.15) is 0 Å². The van der Waals surface area contributed by atoms with Crippen molar-refractivity contribution in [2.45, 2.75) is 6.54 Å². The zero-order valence-corrected chi connectivity index (χ0v) is 14.8. The van der Waals surface area contributed by atoms with Gasteiger partial charge in [-0.05, 0) is 52.3 Å². The lowest BCUT2D eigenvalue weighted by atomic mass is 10.2. The summed E-state index contributed by atoms with van der Waals surface area (Å²) in [6.07, 6.45) is 0. The van der Waals surface area contributed by atoms with Gasteiger partial charge in [0.1, 0.15) is 18.1 Å². The molecule has 3 rings (SSSR count). The molecule has 2 aromatic rings. The van der Waals surface area contributed by atoms with E-state index in [1.807, 2.05) is 24.3 Å². The van der Waals surface area contributed by atoms with Gasteiger partial charge in [0, 0.05) is 11.3 Å². The van der Waals surface area contributed by atoms with Crippen molar-refractivity contribution in [3.8, 4) is 5.75 Å². The number of rotatable bonds is 4. The average Bonchev–Trinajstić information content (AvgIpc) is 2.59. The third-order valence-corrected chi connectivity index (χ3v) is 4.95. The molecule has 3 nitrogen and oxygen atoms in total. The van der Waals surface area contributed by atoms with Crippen LogP contribution in [0.15, 0.2) is 46.9 Å². The van der Waals surface area contributed by atoms with E-state index in [9.17, 15) is 4.39 Å². The van der Waals surface area contributed by atoms with Crippen molar-refractivity contribution < 1.29 is 14.0 Å². The summed E-state index contributed by atoms with van der Waals surface area (Å²) in [4.78, 5) is 3.94. The summed E-state index contributed by atoms with van der Waals surface area (Å²) in [6.45, 7) is 5.17. The molecule has 0 spiro atoms. The first-order valence-corrected chi connectivity index (χ1v) is 8.61. The van der Waals surface area contributed by atoms with Crippen LogP contribution in [0.2, 0.25) is 0 Å². The molecular formula is C18H21BrFN2O+. The number of hydrogen-bond donors (Lipinski definition) is 1. The minimum absolute atomic E-state index is 0.201. The summed E-state index contributed by atoms with van der Waals surface area (Å²) in [5, 5.41) is 0. The molecule has 122 valence electrons. The lowest BCUT2D eigenvalue weighted by molar-refractivity contribution is -0.914. The van der Waals surface area contributed by atoms with Crippen molar-refractivity contribution in [3.63, 3.8) is 0 Å². The van der Waals surface area contributed by atoms with Crippen LogP contribution in [0, 0.1) is 5.82 Å². The van der Waals surface area contributed by atoms with Crippen LogP contribution in [-0.2, 0) is 6.54 Å². The fourth-order valence-electron chi connectivity index (χ4n) is 2.99. The number of nitrogens with one attached hydrogen (secondary N) is 1. The predicted molar refractivity (Wildman–Crippen MR) is 93.7 cm³/mol. The minimum Gasteiger partial charge on any atom is -0.497 e. The lowest BCUT2D eigenvalue weighted by Crippen LogP contribution is -3.13. The molecule has 0 saturated carbocycles. The van der Waals surface area contributed by atoms with Gasteiger partial charge in [-0.3, -0.25) is 0 Å². The second-order valence-electron chi connectivity index (χ2n) is 5.86. The predicted octanol–water partition coefficient (Wildman–Crippen LogP) is 2.50. The summed E-state index contributed by atoms with van der Waals surface area (Å²) in [6, 6.07) is 13.5. The summed E-state index contributed by atoms with van der Waals surface area (Å²) in [7, 11) is 1.69. The first-order valence-electron chi connectivity index (χ1n) is 7.82. The maximum Gasteiger partial charge on any atom is 0.137 e. The fraction of sp³-hybridized carbons (Fsp3) is 0.333. The van der Waals surface area contributed by atoms with Crippen LogP contribution in [0.25, 0.3) is 0 Å². The number of methoxy groups -OCH3 is 1. The Morgan fingerprint density at radius 1 is 1.13 bits per heavy atom. The molecule has 5 heteroatoms. The standard InChI is InChI=1S/C18H20BrFN2O/c1-23-16-5-3-15(4-6-16)22-10-8-21(9-11-22)13-14-2-7-18(20)17(19)12-14/h2-7,12H,8-11,13H2,1H3/p+1. The molecule has 0 aromatic heterocycles. The Balaban J connectivity index is 1.56. The number of hydrogen-bond acceptors (Lipinski definition) is 2. The Kier molecular flexibility index (Phi) is 5.18. The Morgan fingerprint density at radius 3 is 2.43 bits per heavy atom. The van der Waals surface area contributed by atoms with Gasteiger partial charge in [0.05, 0.1) is 37.8 Å². The van der Waals surface area contributed by atoms with Crippen LogP contribution in [-0.4, -0.2) is 33.3 Å². The van der Waals surface area contributed by atoms with Gasteiger partial charge in [0.15, 0.2) is 0 Å². The molecule has 1 heterocycles. The molecule has 0 aliphatic carbocycles. The smallest absolute Gasteiger partial charge is 0.137 e.